The molecule has 3 N–H and O–H groups in total. The summed E-state index contributed by atoms with van der Waals surface area (Å²) in [6.07, 6.45) is 5.05. The first-order chi connectivity index (χ1) is 9.06. The topological polar surface area (TPSA) is 55.1 Å². The zero-order valence-electron chi connectivity index (χ0n) is 11.3. The summed E-state index contributed by atoms with van der Waals surface area (Å²) >= 11 is 3.42. The van der Waals surface area contributed by atoms with Gasteiger partial charge >= 0.3 is 0 Å². The standard InChI is InChI=1S/C15H21BrN2O/c1-10-6-7-12(16)9-14(10)18-15(19)8-11-4-2-3-5-13(11)17/h6-7,9,11,13H,2-5,8,17H2,1H3,(H,18,19). The predicted octanol–water partition coefficient (Wildman–Crippen LogP) is 3.60. The molecule has 0 saturated heterocycles. The van der Waals surface area contributed by atoms with Gasteiger partial charge < -0.3 is 11.1 Å². The van der Waals surface area contributed by atoms with Gasteiger partial charge in [0, 0.05) is 22.6 Å². The van der Waals surface area contributed by atoms with E-state index in [-0.39, 0.29) is 11.9 Å². The molecule has 1 fully saturated rings. The molecule has 1 amide bonds. The molecule has 0 aliphatic heterocycles. The average Bonchev–Trinajstić information content (AvgIpc) is 2.37. The highest BCUT2D eigenvalue weighted by Crippen LogP contribution is 2.27. The summed E-state index contributed by atoms with van der Waals surface area (Å²) in [5.41, 5.74) is 8.04. The molecule has 2 rings (SSSR count). The monoisotopic (exact) mass is 324 g/mol. The maximum Gasteiger partial charge on any atom is 0.224 e. The van der Waals surface area contributed by atoms with E-state index in [4.69, 9.17) is 5.73 Å². The lowest BCUT2D eigenvalue weighted by molar-refractivity contribution is -0.117. The van der Waals surface area contributed by atoms with Gasteiger partial charge in [-0.1, -0.05) is 34.8 Å². The van der Waals surface area contributed by atoms with Gasteiger partial charge in [0.1, 0.15) is 0 Å². The van der Waals surface area contributed by atoms with E-state index in [9.17, 15) is 4.79 Å². The molecule has 3 nitrogen and oxygen atoms in total. The number of hydrogen-bond acceptors (Lipinski definition) is 2. The molecule has 1 aromatic rings. The van der Waals surface area contributed by atoms with Gasteiger partial charge in [0.05, 0.1) is 0 Å². The van der Waals surface area contributed by atoms with Crippen molar-refractivity contribution in [3.63, 3.8) is 0 Å². The van der Waals surface area contributed by atoms with Crippen LogP contribution in [-0.4, -0.2) is 11.9 Å². The highest BCUT2D eigenvalue weighted by atomic mass is 79.9. The number of nitrogens with two attached hydrogens (primary N) is 1. The van der Waals surface area contributed by atoms with Crippen LogP contribution in [-0.2, 0) is 4.79 Å². The minimum Gasteiger partial charge on any atom is -0.327 e. The molecule has 0 heterocycles. The number of amides is 1. The third-order valence-electron chi connectivity index (χ3n) is 3.89. The quantitative estimate of drug-likeness (QED) is 0.892. The second-order valence-corrected chi connectivity index (χ2v) is 6.34. The first-order valence-corrected chi connectivity index (χ1v) is 7.67. The Morgan fingerprint density at radius 1 is 1.42 bits per heavy atom. The lowest BCUT2D eigenvalue weighted by Crippen LogP contribution is -2.35. The van der Waals surface area contributed by atoms with E-state index in [1.54, 1.807) is 0 Å². The van der Waals surface area contributed by atoms with E-state index in [1.165, 1.54) is 12.8 Å². The van der Waals surface area contributed by atoms with E-state index >= 15 is 0 Å². The molecule has 1 saturated carbocycles. The molecule has 0 aromatic heterocycles. The van der Waals surface area contributed by atoms with E-state index in [0.717, 1.165) is 28.6 Å². The van der Waals surface area contributed by atoms with Gasteiger partial charge in [0.15, 0.2) is 0 Å². The summed E-state index contributed by atoms with van der Waals surface area (Å²) in [7, 11) is 0. The normalized spacial score (nSPS) is 23.1. The van der Waals surface area contributed by atoms with Crippen LogP contribution in [0.2, 0.25) is 0 Å². The minimum absolute atomic E-state index is 0.0727. The fourth-order valence-corrected chi connectivity index (χ4v) is 3.02. The highest BCUT2D eigenvalue weighted by molar-refractivity contribution is 9.10. The van der Waals surface area contributed by atoms with Crippen molar-refractivity contribution in [3.05, 3.63) is 28.2 Å². The third-order valence-corrected chi connectivity index (χ3v) is 4.38. The Morgan fingerprint density at radius 3 is 2.89 bits per heavy atom. The van der Waals surface area contributed by atoms with Crippen LogP contribution in [0.1, 0.15) is 37.7 Å². The fraction of sp³-hybridized carbons (Fsp3) is 0.533. The molecule has 2 unspecified atom stereocenters. The van der Waals surface area contributed by atoms with Crippen molar-refractivity contribution in [1.82, 2.24) is 0 Å². The SMILES string of the molecule is Cc1ccc(Br)cc1NC(=O)CC1CCCCC1N. The van der Waals surface area contributed by atoms with E-state index in [0.29, 0.717) is 12.3 Å². The average molecular weight is 325 g/mol. The van der Waals surface area contributed by atoms with Crippen LogP contribution >= 0.6 is 15.9 Å². The molecule has 4 heteroatoms. The lowest BCUT2D eigenvalue weighted by atomic mass is 9.83. The number of hydrogen-bond donors (Lipinski definition) is 2. The Morgan fingerprint density at radius 2 is 2.16 bits per heavy atom. The van der Waals surface area contributed by atoms with Gasteiger partial charge in [-0.3, -0.25) is 4.79 Å². The summed E-state index contributed by atoms with van der Waals surface area (Å²) in [5.74, 6) is 0.407. The first kappa shape index (κ1) is 14.5. The number of halogens is 1. The molecular weight excluding hydrogens is 304 g/mol. The van der Waals surface area contributed by atoms with Gasteiger partial charge in [-0.05, 0) is 43.4 Å². The van der Waals surface area contributed by atoms with Gasteiger partial charge in [-0.15, -0.1) is 0 Å². The third kappa shape index (κ3) is 4.05. The molecule has 2 atom stereocenters. The molecule has 1 aliphatic carbocycles. The number of rotatable bonds is 3. The van der Waals surface area contributed by atoms with Crippen LogP contribution in [0.3, 0.4) is 0 Å². The zero-order valence-corrected chi connectivity index (χ0v) is 12.9. The molecule has 19 heavy (non-hydrogen) atoms. The minimum atomic E-state index is 0.0727. The van der Waals surface area contributed by atoms with Gasteiger partial charge in [-0.25, -0.2) is 0 Å². The molecule has 104 valence electrons. The largest absolute Gasteiger partial charge is 0.327 e. The fourth-order valence-electron chi connectivity index (χ4n) is 2.66. The summed E-state index contributed by atoms with van der Waals surface area (Å²) in [6.45, 7) is 1.99. The van der Waals surface area contributed by atoms with Crippen molar-refractivity contribution in [3.8, 4) is 0 Å². The Kier molecular flexibility index (Phi) is 4.99. The van der Waals surface area contributed by atoms with Gasteiger partial charge in [0.2, 0.25) is 5.91 Å². The number of aryl methyl sites for hydroxylation is 1. The number of carbonyl (C=O) groups is 1. The van der Waals surface area contributed by atoms with Crippen molar-refractivity contribution < 1.29 is 4.79 Å². The Bertz CT molecular complexity index is 461. The molecule has 0 spiro atoms. The zero-order chi connectivity index (χ0) is 13.8. The molecule has 1 aromatic carbocycles. The van der Waals surface area contributed by atoms with E-state index < -0.39 is 0 Å². The molecule has 1 aliphatic rings. The lowest BCUT2D eigenvalue weighted by Gasteiger charge is -2.28. The summed E-state index contributed by atoms with van der Waals surface area (Å²) in [5, 5.41) is 2.99. The molecular formula is C15H21BrN2O. The van der Waals surface area contributed by atoms with Crippen LogP contribution in [0.25, 0.3) is 0 Å². The highest BCUT2D eigenvalue weighted by Gasteiger charge is 2.24. The number of carbonyl (C=O) groups excluding carboxylic acids is 1. The summed E-state index contributed by atoms with van der Waals surface area (Å²) in [6, 6.07) is 6.09. The van der Waals surface area contributed by atoms with Gasteiger partial charge in [0.25, 0.3) is 0 Å². The second kappa shape index (κ2) is 6.53. The summed E-state index contributed by atoms with van der Waals surface area (Å²) < 4.78 is 0.975. The van der Waals surface area contributed by atoms with Crippen molar-refractivity contribution in [2.75, 3.05) is 5.32 Å². The van der Waals surface area contributed by atoms with Crippen LogP contribution in [0, 0.1) is 12.8 Å². The Labute approximate surface area is 123 Å². The smallest absolute Gasteiger partial charge is 0.224 e. The number of anilines is 1. The van der Waals surface area contributed by atoms with Crippen molar-refractivity contribution in [1.29, 1.82) is 0 Å². The van der Waals surface area contributed by atoms with Crippen LogP contribution in [0.15, 0.2) is 22.7 Å². The number of nitrogens with one attached hydrogen (secondary N) is 1. The molecule has 0 radical (unpaired) electrons. The second-order valence-electron chi connectivity index (χ2n) is 5.42. The predicted molar refractivity (Wildman–Crippen MR) is 82.1 cm³/mol. The van der Waals surface area contributed by atoms with Crippen LogP contribution < -0.4 is 11.1 Å². The van der Waals surface area contributed by atoms with Gasteiger partial charge in [-0.2, -0.15) is 0 Å². The summed E-state index contributed by atoms with van der Waals surface area (Å²) in [4.78, 5) is 12.1. The van der Waals surface area contributed by atoms with Crippen LogP contribution in [0.4, 0.5) is 5.69 Å². The van der Waals surface area contributed by atoms with Crippen molar-refractivity contribution >= 4 is 27.5 Å². The maximum atomic E-state index is 12.1. The Balaban J connectivity index is 1.95. The first-order valence-electron chi connectivity index (χ1n) is 6.88. The van der Waals surface area contributed by atoms with E-state index in [2.05, 4.69) is 21.2 Å². The molecule has 0 bridgehead atoms. The van der Waals surface area contributed by atoms with Crippen LogP contribution in [0.5, 0.6) is 0 Å². The van der Waals surface area contributed by atoms with Crippen molar-refractivity contribution in [2.24, 2.45) is 11.7 Å². The number of benzene rings is 1. The maximum absolute atomic E-state index is 12.1. The Hall–Kier alpha value is -0.870. The van der Waals surface area contributed by atoms with E-state index in [1.807, 2.05) is 25.1 Å². The van der Waals surface area contributed by atoms with Crippen molar-refractivity contribution in [2.45, 2.75) is 45.1 Å².